The van der Waals surface area contributed by atoms with Gasteiger partial charge in [0.2, 0.25) is 0 Å². The molecule has 14 heavy (non-hydrogen) atoms. The molecule has 0 radical (unpaired) electrons. The maximum Gasteiger partial charge on any atom is 0.332 e. The molecule has 0 fully saturated rings. The highest BCUT2D eigenvalue weighted by Crippen LogP contribution is 1.69. The minimum atomic E-state index is -2.90. The Balaban J connectivity index is 4.35. The van der Waals surface area contributed by atoms with Gasteiger partial charge in [0.15, 0.2) is 0 Å². The summed E-state index contributed by atoms with van der Waals surface area (Å²) in [6.07, 6.45) is 0. The van der Waals surface area contributed by atoms with E-state index in [1.165, 1.54) is 10.9 Å². The number of carbonyl (C=O) groups is 2. The molecule has 0 aromatic carbocycles. The molecular weight excluding hydrogens is 240 g/mol. The number of nitrogens with one attached hydrogen (secondary N) is 2. The van der Waals surface area contributed by atoms with E-state index >= 15 is 0 Å². The van der Waals surface area contributed by atoms with Gasteiger partial charge in [0.25, 0.3) is 0 Å². The molecule has 0 atom stereocenters. The minimum absolute atomic E-state index is 1.31. The topological polar surface area (TPSA) is 151 Å². The molecule has 0 rings (SSSR count). The Hall–Kier alpha value is -1.82. The lowest BCUT2D eigenvalue weighted by atomic mass is 10.6. The van der Waals surface area contributed by atoms with Crippen LogP contribution in [-0.2, 0) is 30.6 Å². The number of nitrogens with zero attached hydrogens (tertiary/aromatic N) is 2. The van der Waals surface area contributed by atoms with Crippen molar-refractivity contribution in [1.29, 1.82) is 0 Å². The Bertz CT molecular complexity index is 434. The molecule has 0 aliphatic rings. The second-order valence-corrected chi connectivity index (χ2v) is 2.73. The fourth-order valence-electron chi connectivity index (χ4n) is 0.259. The van der Waals surface area contributed by atoms with Gasteiger partial charge in [-0.1, -0.05) is 8.94 Å². The molecule has 0 saturated carbocycles. The summed E-state index contributed by atoms with van der Waals surface area (Å²) in [5, 5.41) is 0. The lowest BCUT2D eigenvalue weighted by Crippen LogP contribution is -2.34. The standard InChI is InChI=1S/C2H2N4O6S2/c7-1(3-5-13(9)10)2(8)4-6-14(11)12/h(H,3,7)(H,4,8). The summed E-state index contributed by atoms with van der Waals surface area (Å²) in [5.74, 6) is -2.94. The molecule has 0 heterocycles. The fourth-order valence-corrected chi connectivity index (χ4v) is 0.574. The number of amides is 2. The van der Waals surface area contributed by atoms with Crippen LogP contribution in [0.5, 0.6) is 0 Å². The first-order valence-corrected chi connectivity index (χ1v) is 4.70. The maximum absolute atomic E-state index is 10.5. The minimum Gasteiger partial charge on any atom is -0.262 e. The summed E-state index contributed by atoms with van der Waals surface area (Å²) < 4.78 is 43.9. The highest BCUT2D eigenvalue weighted by Gasteiger charge is 2.11. The molecule has 0 unspecified atom stereocenters. The summed E-state index contributed by atoms with van der Waals surface area (Å²) >= 11 is 0. The molecule has 12 heteroatoms. The maximum atomic E-state index is 10.5. The summed E-state index contributed by atoms with van der Waals surface area (Å²) in [5.41, 5.74) is 2.61. The van der Waals surface area contributed by atoms with Crippen LogP contribution in [-0.4, -0.2) is 28.6 Å². The van der Waals surface area contributed by atoms with Crippen LogP contribution in [0, 0.1) is 0 Å². The Morgan fingerprint density at radius 2 is 1.07 bits per heavy atom. The molecule has 78 valence electrons. The van der Waals surface area contributed by atoms with Gasteiger partial charge in [0.1, 0.15) is 0 Å². The molecule has 0 aromatic heterocycles. The van der Waals surface area contributed by atoms with Crippen molar-refractivity contribution in [3.05, 3.63) is 0 Å². The van der Waals surface area contributed by atoms with Crippen molar-refractivity contribution < 1.29 is 26.4 Å². The smallest absolute Gasteiger partial charge is 0.262 e. The Morgan fingerprint density at radius 3 is 1.29 bits per heavy atom. The Labute approximate surface area is 79.7 Å². The molecule has 2 N–H and O–H groups in total. The van der Waals surface area contributed by atoms with Crippen molar-refractivity contribution >= 4 is 32.8 Å². The Morgan fingerprint density at radius 1 is 0.786 bits per heavy atom. The van der Waals surface area contributed by atoms with Crippen molar-refractivity contribution in [1.82, 2.24) is 10.9 Å². The zero-order valence-electron chi connectivity index (χ0n) is 6.16. The van der Waals surface area contributed by atoms with Crippen LogP contribution in [0.15, 0.2) is 8.94 Å². The van der Waals surface area contributed by atoms with Crippen LogP contribution in [0.2, 0.25) is 0 Å². The molecular formula is C2H2N4O6S2. The third-order valence-corrected chi connectivity index (χ3v) is 1.13. The van der Waals surface area contributed by atoms with Crippen molar-refractivity contribution in [2.75, 3.05) is 0 Å². The van der Waals surface area contributed by atoms with Gasteiger partial charge in [-0.15, -0.1) is 0 Å². The first-order valence-electron chi connectivity index (χ1n) is 2.64. The molecule has 10 nitrogen and oxygen atoms in total. The van der Waals surface area contributed by atoms with E-state index in [4.69, 9.17) is 0 Å². The molecule has 0 aliphatic heterocycles. The zero-order valence-corrected chi connectivity index (χ0v) is 7.79. The van der Waals surface area contributed by atoms with Gasteiger partial charge < -0.3 is 0 Å². The number of hydrogen-bond donors (Lipinski definition) is 2. The molecule has 2 amide bonds. The van der Waals surface area contributed by atoms with Crippen molar-refractivity contribution in [2.24, 2.45) is 8.94 Å². The quantitative estimate of drug-likeness (QED) is 0.393. The zero-order chi connectivity index (χ0) is 11.1. The predicted octanol–water partition coefficient (Wildman–Crippen LogP) is -2.83. The summed E-state index contributed by atoms with van der Waals surface area (Å²) in [7, 11) is -5.81. The lowest BCUT2D eigenvalue weighted by Gasteiger charge is -1.92. The van der Waals surface area contributed by atoms with E-state index in [1.54, 1.807) is 0 Å². The van der Waals surface area contributed by atoms with E-state index in [-0.39, 0.29) is 0 Å². The van der Waals surface area contributed by atoms with Gasteiger partial charge >= 0.3 is 32.8 Å². The van der Waals surface area contributed by atoms with Gasteiger partial charge in [-0.25, -0.2) is 10.9 Å². The van der Waals surface area contributed by atoms with E-state index in [1.807, 2.05) is 0 Å². The van der Waals surface area contributed by atoms with Gasteiger partial charge in [-0.3, -0.25) is 9.59 Å². The van der Waals surface area contributed by atoms with E-state index in [0.717, 1.165) is 0 Å². The van der Waals surface area contributed by atoms with Gasteiger partial charge in [0, 0.05) is 0 Å². The van der Waals surface area contributed by atoms with E-state index < -0.39 is 32.8 Å². The molecule has 0 bridgehead atoms. The first-order chi connectivity index (χ1) is 6.43. The monoisotopic (exact) mass is 242 g/mol. The second-order valence-electron chi connectivity index (χ2n) is 1.50. The highest BCUT2D eigenvalue weighted by atomic mass is 32.2. The van der Waals surface area contributed by atoms with E-state index in [0.29, 0.717) is 0 Å². The SMILES string of the molecule is O=C(NN=S(=O)=O)C(=O)NN=S(=O)=O. The lowest BCUT2D eigenvalue weighted by molar-refractivity contribution is -0.139. The van der Waals surface area contributed by atoms with Crippen molar-refractivity contribution in [3.63, 3.8) is 0 Å². The largest absolute Gasteiger partial charge is 0.332 e. The molecule has 0 spiro atoms. The fraction of sp³-hybridized carbons (Fsp3) is 0. The normalized spacial score (nSPS) is 8.29. The van der Waals surface area contributed by atoms with E-state index in [9.17, 15) is 26.4 Å². The van der Waals surface area contributed by atoms with Crippen LogP contribution >= 0.6 is 0 Å². The van der Waals surface area contributed by atoms with Crippen molar-refractivity contribution in [2.45, 2.75) is 0 Å². The van der Waals surface area contributed by atoms with Gasteiger partial charge in [0.05, 0.1) is 0 Å². The number of carbonyl (C=O) groups excluding carboxylic acids is 2. The number of hydrogen-bond acceptors (Lipinski definition) is 8. The van der Waals surface area contributed by atoms with Gasteiger partial charge in [-0.05, 0) is 0 Å². The average Bonchev–Trinajstić information content (AvgIpc) is 2.09. The van der Waals surface area contributed by atoms with Gasteiger partial charge in [-0.2, -0.15) is 16.8 Å². The third-order valence-electron chi connectivity index (χ3n) is 0.650. The summed E-state index contributed by atoms with van der Waals surface area (Å²) in [6.45, 7) is 0. The summed E-state index contributed by atoms with van der Waals surface area (Å²) in [4.78, 5) is 21.0. The van der Waals surface area contributed by atoms with Crippen LogP contribution < -0.4 is 10.9 Å². The van der Waals surface area contributed by atoms with Crippen LogP contribution in [0.3, 0.4) is 0 Å². The van der Waals surface area contributed by atoms with Crippen LogP contribution in [0.25, 0.3) is 0 Å². The van der Waals surface area contributed by atoms with Crippen molar-refractivity contribution in [3.8, 4) is 0 Å². The second kappa shape index (κ2) is 5.76. The third kappa shape index (κ3) is 5.78. The Kier molecular flexibility index (Phi) is 5.01. The predicted molar refractivity (Wildman–Crippen MR) is 39.0 cm³/mol. The highest BCUT2D eigenvalue weighted by molar-refractivity contribution is 7.61. The van der Waals surface area contributed by atoms with E-state index in [2.05, 4.69) is 8.94 Å². The number of rotatable bonds is 2. The van der Waals surface area contributed by atoms with Crippen LogP contribution in [0.1, 0.15) is 0 Å². The summed E-state index contributed by atoms with van der Waals surface area (Å²) in [6, 6.07) is 0. The first kappa shape index (κ1) is 12.2. The molecule has 0 aromatic rings. The average molecular weight is 242 g/mol. The molecule has 0 aliphatic carbocycles. The van der Waals surface area contributed by atoms with Crippen LogP contribution in [0.4, 0.5) is 0 Å². The molecule has 0 saturated heterocycles.